The molecule has 0 spiro atoms. The van der Waals surface area contributed by atoms with Gasteiger partial charge in [0, 0.05) is 28.5 Å². The van der Waals surface area contributed by atoms with E-state index in [0.29, 0.717) is 5.69 Å². The Kier molecular flexibility index (Phi) is 4.60. The third-order valence-corrected chi connectivity index (χ3v) is 4.59. The molecule has 0 bridgehead atoms. The molecule has 0 aliphatic carbocycles. The van der Waals surface area contributed by atoms with Crippen molar-refractivity contribution in [2.75, 3.05) is 5.32 Å². The second-order valence-electron chi connectivity index (χ2n) is 6.06. The van der Waals surface area contributed by atoms with E-state index in [1.807, 2.05) is 53.2 Å². The molecule has 0 unspecified atom stereocenters. The molecule has 2 aromatic heterocycles. The average Bonchev–Trinajstić information content (AvgIpc) is 3.09. The van der Waals surface area contributed by atoms with Gasteiger partial charge in [-0.05, 0) is 30.3 Å². The van der Waals surface area contributed by atoms with Gasteiger partial charge in [-0.2, -0.15) is 0 Å². The first kappa shape index (κ1) is 17.2. The molecule has 1 N–H and O–H groups in total. The van der Waals surface area contributed by atoms with Crippen LogP contribution < -0.4 is 5.32 Å². The number of anilines is 1. The summed E-state index contributed by atoms with van der Waals surface area (Å²) in [6.45, 7) is 0. The summed E-state index contributed by atoms with van der Waals surface area (Å²) in [6.07, 6.45) is 3.66. The van der Waals surface area contributed by atoms with Crippen molar-refractivity contribution in [2.45, 2.75) is 6.42 Å². The Bertz CT molecular complexity index is 1090. The zero-order chi connectivity index (χ0) is 18.8. The van der Waals surface area contributed by atoms with Gasteiger partial charge in [-0.1, -0.05) is 41.9 Å². The number of para-hydroxylation sites is 1. The molecule has 4 nitrogen and oxygen atoms in total. The van der Waals surface area contributed by atoms with Crippen LogP contribution in [-0.2, 0) is 11.2 Å². The summed E-state index contributed by atoms with van der Waals surface area (Å²) < 4.78 is 15.8. The first-order chi connectivity index (χ1) is 13.1. The highest BCUT2D eigenvalue weighted by Gasteiger charge is 2.15. The molecule has 2 aromatic carbocycles. The number of carbonyl (C=O) groups is 1. The molecule has 1 amide bonds. The molecule has 4 rings (SSSR count). The number of fused-ring (bicyclic) bond motifs is 1. The van der Waals surface area contributed by atoms with Gasteiger partial charge in [0.15, 0.2) is 0 Å². The highest BCUT2D eigenvalue weighted by molar-refractivity contribution is 6.31. The molecular weight excluding hydrogens is 365 g/mol. The van der Waals surface area contributed by atoms with Crippen LogP contribution in [0.5, 0.6) is 0 Å². The minimum absolute atomic E-state index is 0.148. The van der Waals surface area contributed by atoms with Crippen molar-refractivity contribution in [1.29, 1.82) is 0 Å². The minimum atomic E-state index is -0.494. The second kappa shape index (κ2) is 7.21. The molecule has 0 radical (unpaired) electrons. The summed E-state index contributed by atoms with van der Waals surface area (Å²) in [5, 5.41) is 3.08. The maximum absolute atomic E-state index is 13.9. The molecule has 2 heterocycles. The monoisotopic (exact) mass is 379 g/mol. The molecule has 0 saturated carbocycles. The van der Waals surface area contributed by atoms with Crippen LogP contribution in [0.15, 0.2) is 73.1 Å². The first-order valence-electron chi connectivity index (χ1n) is 8.38. The lowest BCUT2D eigenvalue weighted by Gasteiger charge is -2.10. The van der Waals surface area contributed by atoms with Crippen molar-refractivity contribution < 1.29 is 9.18 Å². The van der Waals surface area contributed by atoms with E-state index in [1.165, 1.54) is 12.1 Å². The largest absolute Gasteiger partial charge is 0.325 e. The molecule has 0 fully saturated rings. The van der Waals surface area contributed by atoms with E-state index in [9.17, 15) is 9.18 Å². The first-order valence-corrected chi connectivity index (χ1v) is 8.75. The lowest BCUT2D eigenvalue weighted by atomic mass is 10.1. The number of halogens is 2. The van der Waals surface area contributed by atoms with Crippen LogP contribution in [0.4, 0.5) is 10.1 Å². The number of imidazole rings is 1. The van der Waals surface area contributed by atoms with Gasteiger partial charge in [-0.25, -0.2) is 9.37 Å². The summed E-state index contributed by atoms with van der Waals surface area (Å²) >= 11 is 6.02. The lowest BCUT2D eigenvalue weighted by molar-refractivity contribution is -0.115. The van der Waals surface area contributed by atoms with Gasteiger partial charge in [0.25, 0.3) is 0 Å². The fraction of sp³-hybridized carbons (Fsp3) is 0.0476. The van der Waals surface area contributed by atoms with Gasteiger partial charge in [0.2, 0.25) is 5.91 Å². The average molecular weight is 380 g/mol. The summed E-state index contributed by atoms with van der Waals surface area (Å²) in [4.78, 5) is 17.1. The number of nitrogens with one attached hydrogen (secondary N) is 1. The van der Waals surface area contributed by atoms with Gasteiger partial charge in [-0.3, -0.25) is 4.79 Å². The number of aromatic nitrogens is 2. The van der Waals surface area contributed by atoms with Crippen molar-refractivity contribution in [2.24, 2.45) is 0 Å². The number of hydrogen-bond acceptors (Lipinski definition) is 2. The Morgan fingerprint density at radius 1 is 1.07 bits per heavy atom. The predicted octanol–water partition coefficient (Wildman–Crippen LogP) is 4.98. The standard InChI is InChI=1S/C21H15ClFN3O/c22-16-7-5-8-17(23)15(16)12-21(27)25-18-9-2-1-6-14(18)19-13-26-11-4-3-10-20(26)24-19/h1-11,13H,12H2,(H,25,27). The third kappa shape index (κ3) is 3.55. The van der Waals surface area contributed by atoms with Crippen molar-refractivity contribution in [3.05, 3.63) is 89.5 Å². The van der Waals surface area contributed by atoms with E-state index in [2.05, 4.69) is 10.3 Å². The highest BCUT2D eigenvalue weighted by Crippen LogP contribution is 2.28. The topological polar surface area (TPSA) is 46.4 Å². The normalized spacial score (nSPS) is 10.9. The van der Waals surface area contributed by atoms with Crippen LogP contribution in [0.3, 0.4) is 0 Å². The maximum Gasteiger partial charge on any atom is 0.228 e. The van der Waals surface area contributed by atoms with Crippen molar-refractivity contribution in [3.63, 3.8) is 0 Å². The molecule has 27 heavy (non-hydrogen) atoms. The smallest absolute Gasteiger partial charge is 0.228 e. The molecule has 0 aliphatic rings. The van der Waals surface area contributed by atoms with Crippen LogP contribution >= 0.6 is 11.6 Å². The van der Waals surface area contributed by atoms with Gasteiger partial charge < -0.3 is 9.72 Å². The van der Waals surface area contributed by atoms with Crippen LogP contribution in [0.2, 0.25) is 5.02 Å². The quantitative estimate of drug-likeness (QED) is 0.544. The second-order valence-corrected chi connectivity index (χ2v) is 6.47. The minimum Gasteiger partial charge on any atom is -0.325 e. The van der Waals surface area contributed by atoms with Crippen LogP contribution in [-0.4, -0.2) is 15.3 Å². The maximum atomic E-state index is 13.9. The molecular formula is C21H15ClFN3O. The molecule has 134 valence electrons. The fourth-order valence-electron chi connectivity index (χ4n) is 2.94. The fourth-order valence-corrected chi connectivity index (χ4v) is 3.17. The Morgan fingerprint density at radius 2 is 1.89 bits per heavy atom. The van der Waals surface area contributed by atoms with E-state index in [-0.39, 0.29) is 22.9 Å². The number of benzene rings is 2. The van der Waals surface area contributed by atoms with Crippen molar-refractivity contribution >= 4 is 28.8 Å². The summed E-state index contributed by atoms with van der Waals surface area (Å²) in [5.41, 5.74) is 3.13. The van der Waals surface area contributed by atoms with Crippen LogP contribution in [0, 0.1) is 5.82 Å². The highest BCUT2D eigenvalue weighted by atomic mass is 35.5. The lowest BCUT2D eigenvalue weighted by Crippen LogP contribution is -2.16. The SMILES string of the molecule is O=C(Cc1c(F)cccc1Cl)Nc1ccccc1-c1cn2ccccc2n1. The van der Waals surface area contributed by atoms with Gasteiger partial charge in [0.1, 0.15) is 11.5 Å². The number of pyridine rings is 1. The zero-order valence-electron chi connectivity index (χ0n) is 14.2. The molecule has 0 saturated heterocycles. The number of hydrogen-bond donors (Lipinski definition) is 1. The summed E-state index contributed by atoms with van der Waals surface area (Å²) in [5.74, 6) is -0.843. The third-order valence-electron chi connectivity index (χ3n) is 4.24. The van der Waals surface area contributed by atoms with E-state index < -0.39 is 5.82 Å². The Labute approximate surface area is 160 Å². The van der Waals surface area contributed by atoms with Crippen molar-refractivity contribution in [1.82, 2.24) is 9.38 Å². The van der Waals surface area contributed by atoms with Crippen molar-refractivity contribution in [3.8, 4) is 11.3 Å². The molecule has 6 heteroatoms. The zero-order valence-corrected chi connectivity index (χ0v) is 14.9. The summed E-state index contributed by atoms with van der Waals surface area (Å²) in [6, 6.07) is 17.5. The van der Waals surface area contributed by atoms with Gasteiger partial charge in [-0.15, -0.1) is 0 Å². The molecule has 4 aromatic rings. The van der Waals surface area contributed by atoms with Gasteiger partial charge in [0.05, 0.1) is 17.8 Å². The van der Waals surface area contributed by atoms with Gasteiger partial charge >= 0.3 is 0 Å². The predicted molar refractivity (Wildman–Crippen MR) is 104 cm³/mol. The van der Waals surface area contributed by atoms with Crippen LogP contribution in [0.1, 0.15) is 5.56 Å². The number of rotatable bonds is 4. The van der Waals surface area contributed by atoms with E-state index in [1.54, 1.807) is 12.1 Å². The van der Waals surface area contributed by atoms with E-state index in [0.717, 1.165) is 16.9 Å². The van der Waals surface area contributed by atoms with E-state index in [4.69, 9.17) is 11.6 Å². The number of nitrogens with zero attached hydrogens (tertiary/aromatic N) is 2. The Balaban J connectivity index is 1.62. The molecule has 0 aliphatic heterocycles. The Hall–Kier alpha value is -3.18. The summed E-state index contributed by atoms with van der Waals surface area (Å²) in [7, 11) is 0. The van der Waals surface area contributed by atoms with E-state index >= 15 is 0 Å². The van der Waals surface area contributed by atoms with Crippen LogP contribution in [0.25, 0.3) is 16.9 Å². The number of carbonyl (C=O) groups excluding carboxylic acids is 1. The number of amides is 1. The molecule has 0 atom stereocenters. The Morgan fingerprint density at radius 3 is 2.70 bits per heavy atom.